The molecule has 2 rings (SSSR count). The maximum atomic E-state index is 6.36. The first-order valence-corrected chi connectivity index (χ1v) is 6.55. The summed E-state index contributed by atoms with van der Waals surface area (Å²) in [6, 6.07) is 0.287. The summed E-state index contributed by atoms with van der Waals surface area (Å²) >= 11 is 0. The van der Waals surface area contributed by atoms with Crippen LogP contribution in [0.4, 0.5) is 0 Å². The van der Waals surface area contributed by atoms with E-state index in [-0.39, 0.29) is 6.04 Å². The smallest absolute Gasteiger partial charge is 0.0754 e. The van der Waals surface area contributed by atoms with Crippen LogP contribution in [-0.2, 0) is 4.74 Å². The minimum atomic E-state index is 0.287. The van der Waals surface area contributed by atoms with Gasteiger partial charge in [0.25, 0.3) is 0 Å². The van der Waals surface area contributed by atoms with Crippen LogP contribution in [0.3, 0.4) is 0 Å². The Morgan fingerprint density at radius 1 is 1.07 bits per heavy atom. The number of nitrogens with two attached hydrogens (primary N) is 1. The van der Waals surface area contributed by atoms with Gasteiger partial charge in [0.1, 0.15) is 0 Å². The fourth-order valence-corrected chi connectivity index (χ4v) is 3.15. The molecule has 2 nitrogen and oxygen atoms in total. The van der Waals surface area contributed by atoms with Gasteiger partial charge in [-0.25, -0.2) is 0 Å². The molecule has 2 aliphatic rings. The zero-order chi connectivity index (χ0) is 10.8. The first-order chi connectivity index (χ1) is 7.18. The van der Waals surface area contributed by atoms with Crippen molar-refractivity contribution in [2.75, 3.05) is 6.61 Å². The number of rotatable bonds is 2. The number of hydrogen-bond acceptors (Lipinski definition) is 2. The minimum absolute atomic E-state index is 0.287. The Morgan fingerprint density at radius 2 is 1.73 bits per heavy atom. The highest BCUT2D eigenvalue weighted by atomic mass is 16.5. The first kappa shape index (κ1) is 11.4. The zero-order valence-corrected chi connectivity index (χ0v) is 10.1. The van der Waals surface area contributed by atoms with Gasteiger partial charge in [-0.1, -0.05) is 26.7 Å². The second-order valence-electron chi connectivity index (χ2n) is 5.70. The Kier molecular flexibility index (Phi) is 3.68. The summed E-state index contributed by atoms with van der Waals surface area (Å²) in [6.07, 6.45) is 6.88. The molecule has 88 valence electrons. The molecule has 1 heterocycles. The summed E-state index contributed by atoms with van der Waals surface area (Å²) in [7, 11) is 0. The Morgan fingerprint density at radius 3 is 2.27 bits per heavy atom. The molecule has 1 aliphatic heterocycles. The molecule has 3 atom stereocenters. The quantitative estimate of drug-likeness (QED) is 0.762. The van der Waals surface area contributed by atoms with Gasteiger partial charge < -0.3 is 10.5 Å². The first-order valence-electron chi connectivity index (χ1n) is 6.55. The molecule has 0 aromatic rings. The van der Waals surface area contributed by atoms with Gasteiger partial charge >= 0.3 is 0 Å². The molecule has 0 spiro atoms. The molecule has 1 saturated heterocycles. The van der Waals surface area contributed by atoms with Crippen molar-refractivity contribution in [1.82, 2.24) is 0 Å². The highest BCUT2D eigenvalue weighted by Gasteiger charge is 2.35. The predicted molar refractivity (Wildman–Crippen MR) is 62.6 cm³/mol. The van der Waals surface area contributed by atoms with Crippen LogP contribution >= 0.6 is 0 Å². The largest absolute Gasteiger partial charge is 0.376 e. The second-order valence-corrected chi connectivity index (χ2v) is 5.70. The summed E-state index contributed by atoms with van der Waals surface area (Å²) in [5.74, 6) is 2.29. The van der Waals surface area contributed by atoms with E-state index in [0.29, 0.717) is 17.9 Å². The van der Waals surface area contributed by atoms with Crippen LogP contribution in [0.2, 0.25) is 0 Å². The molecule has 0 radical (unpaired) electrons. The maximum Gasteiger partial charge on any atom is 0.0754 e. The van der Waals surface area contributed by atoms with Crippen LogP contribution in [0.5, 0.6) is 0 Å². The van der Waals surface area contributed by atoms with Gasteiger partial charge in [-0.2, -0.15) is 0 Å². The molecular weight excluding hydrogens is 186 g/mol. The summed E-state index contributed by atoms with van der Waals surface area (Å²) in [4.78, 5) is 0. The summed E-state index contributed by atoms with van der Waals surface area (Å²) < 4.78 is 5.78. The maximum absolute atomic E-state index is 6.36. The third kappa shape index (κ3) is 2.54. The van der Waals surface area contributed by atoms with Crippen molar-refractivity contribution in [2.24, 2.45) is 23.5 Å². The van der Waals surface area contributed by atoms with Gasteiger partial charge in [-0.05, 0) is 37.0 Å². The molecule has 1 saturated carbocycles. The van der Waals surface area contributed by atoms with Crippen molar-refractivity contribution in [3.8, 4) is 0 Å². The van der Waals surface area contributed by atoms with E-state index in [2.05, 4.69) is 13.8 Å². The average molecular weight is 211 g/mol. The molecule has 15 heavy (non-hydrogen) atoms. The highest BCUT2D eigenvalue weighted by molar-refractivity contribution is 4.89. The molecule has 3 unspecified atom stereocenters. The van der Waals surface area contributed by atoms with Crippen LogP contribution in [0, 0.1) is 17.8 Å². The topological polar surface area (TPSA) is 35.2 Å². The normalized spacial score (nSPS) is 44.2. The molecular formula is C13H25NO. The van der Waals surface area contributed by atoms with Crippen molar-refractivity contribution in [3.63, 3.8) is 0 Å². The lowest BCUT2D eigenvalue weighted by Gasteiger charge is -2.34. The second kappa shape index (κ2) is 4.84. The molecule has 2 heteroatoms. The molecule has 2 N–H and O–H groups in total. The van der Waals surface area contributed by atoms with Crippen LogP contribution in [0.25, 0.3) is 0 Å². The highest BCUT2D eigenvalue weighted by Crippen LogP contribution is 2.34. The van der Waals surface area contributed by atoms with E-state index in [1.807, 2.05) is 0 Å². The molecule has 2 fully saturated rings. The number of hydrogen-bond donors (Lipinski definition) is 1. The van der Waals surface area contributed by atoms with Crippen LogP contribution < -0.4 is 5.73 Å². The SMILES string of the molecule is CC1CCC(C(N)C2OCCC2C)CC1. The summed E-state index contributed by atoms with van der Waals surface area (Å²) in [5.41, 5.74) is 6.36. The third-order valence-electron chi connectivity index (χ3n) is 4.43. The van der Waals surface area contributed by atoms with Gasteiger partial charge in [0, 0.05) is 12.6 Å². The van der Waals surface area contributed by atoms with Crippen molar-refractivity contribution in [2.45, 2.75) is 58.1 Å². The third-order valence-corrected chi connectivity index (χ3v) is 4.43. The van der Waals surface area contributed by atoms with E-state index >= 15 is 0 Å². The fraction of sp³-hybridized carbons (Fsp3) is 1.00. The van der Waals surface area contributed by atoms with Crippen LogP contribution in [0.1, 0.15) is 46.0 Å². The van der Waals surface area contributed by atoms with Gasteiger partial charge in [0.05, 0.1) is 6.10 Å². The van der Waals surface area contributed by atoms with Crippen LogP contribution in [-0.4, -0.2) is 18.8 Å². The molecule has 0 bridgehead atoms. The Balaban J connectivity index is 1.87. The van der Waals surface area contributed by atoms with Crippen molar-refractivity contribution < 1.29 is 4.74 Å². The van der Waals surface area contributed by atoms with E-state index in [9.17, 15) is 0 Å². The predicted octanol–water partition coefficient (Wildman–Crippen LogP) is 2.57. The Labute approximate surface area is 93.6 Å². The molecule has 0 amide bonds. The minimum Gasteiger partial charge on any atom is -0.376 e. The zero-order valence-electron chi connectivity index (χ0n) is 10.1. The Hall–Kier alpha value is -0.0800. The van der Waals surface area contributed by atoms with E-state index in [4.69, 9.17) is 10.5 Å². The van der Waals surface area contributed by atoms with E-state index < -0.39 is 0 Å². The van der Waals surface area contributed by atoms with E-state index in [1.165, 1.54) is 32.1 Å². The lowest BCUT2D eigenvalue weighted by Crippen LogP contribution is -2.44. The molecule has 1 aliphatic carbocycles. The molecule has 0 aromatic heterocycles. The number of ether oxygens (including phenoxy) is 1. The lowest BCUT2D eigenvalue weighted by atomic mass is 9.76. The van der Waals surface area contributed by atoms with Gasteiger partial charge in [0.2, 0.25) is 0 Å². The Bertz CT molecular complexity index is 199. The van der Waals surface area contributed by atoms with Crippen molar-refractivity contribution in [1.29, 1.82) is 0 Å². The molecule has 0 aromatic carbocycles. The van der Waals surface area contributed by atoms with Crippen LogP contribution in [0.15, 0.2) is 0 Å². The van der Waals surface area contributed by atoms with Gasteiger partial charge in [-0.15, -0.1) is 0 Å². The monoisotopic (exact) mass is 211 g/mol. The van der Waals surface area contributed by atoms with Gasteiger partial charge in [-0.3, -0.25) is 0 Å². The standard InChI is InChI=1S/C13H25NO/c1-9-3-5-11(6-4-9)12(14)13-10(2)7-8-15-13/h9-13H,3-8,14H2,1-2H3. The van der Waals surface area contributed by atoms with Gasteiger partial charge in [0.15, 0.2) is 0 Å². The fourth-order valence-electron chi connectivity index (χ4n) is 3.15. The lowest BCUT2D eigenvalue weighted by molar-refractivity contribution is 0.0447. The van der Waals surface area contributed by atoms with Crippen molar-refractivity contribution >= 4 is 0 Å². The van der Waals surface area contributed by atoms with Crippen molar-refractivity contribution in [3.05, 3.63) is 0 Å². The summed E-state index contributed by atoms with van der Waals surface area (Å²) in [6.45, 7) is 5.56. The van der Waals surface area contributed by atoms with E-state index in [0.717, 1.165) is 12.5 Å². The summed E-state index contributed by atoms with van der Waals surface area (Å²) in [5, 5.41) is 0. The average Bonchev–Trinajstić information content (AvgIpc) is 2.65. The van der Waals surface area contributed by atoms with E-state index in [1.54, 1.807) is 0 Å².